The summed E-state index contributed by atoms with van der Waals surface area (Å²) in [5.74, 6) is 0.366. The molecule has 1 atom stereocenters. The third-order valence-corrected chi connectivity index (χ3v) is 5.37. The lowest BCUT2D eigenvalue weighted by atomic mass is 10.0. The average Bonchev–Trinajstić information content (AvgIpc) is 2.53. The van der Waals surface area contributed by atoms with Crippen LogP contribution in [0.3, 0.4) is 0 Å². The van der Waals surface area contributed by atoms with Gasteiger partial charge in [0.05, 0.1) is 4.90 Å². The molecule has 1 fully saturated rings. The number of piperidine rings is 1. The van der Waals surface area contributed by atoms with Crippen molar-refractivity contribution < 1.29 is 8.42 Å². The Morgan fingerprint density at radius 2 is 2.09 bits per heavy atom. The molecule has 8 heteroatoms. The predicted molar refractivity (Wildman–Crippen MR) is 97.0 cm³/mol. The number of nitrogens with one attached hydrogen (secondary N) is 2. The van der Waals surface area contributed by atoms with Gasteiger partial charge < -0.3 is 5.32 Å². The molecule has 0 amide bonds. The molecule has 0 saturated carbocycles. The zero-order chi connectivity index (χ0) is 14.7. The van der Waals surface area contributed by atoms with Crippen molar-refractivity contribution in [3.05, 3.63) is 36.7 Å². The monoisotopic (exact) mass is 377 g/mol. The Labute approximate surface area is 149 Å². The van der Waals surface area contributed by atoms with Crippen LogP contribution in [-0.4, -0.2) is 33.0 Å². The van der Waals surface area contributed by atoms with E-state index in [0.717, 1.165) is 31.3 Å². The van der Waals surface area contributed by atoms with Gasteiger partial charge in [0, 0.05) is 29.7 Å². The number of hydrogen-bond donors (Lipinski definition) is 2. The highest BCUT2D eigenvalue weighted by Crippen LogP contribution is 2.22. The van der Waals surface area contributed by atoms with Crippen molar-refractivity contribution in [2.45, 2.75) is 17.7 Å². The van der Waals surface area contributed by atoms with E-state index in [1.54, 1.807) is 30.6 Å². The van der Waals surface area contributed by atoms with Crippen molar-refractivity contribution in [2.24, 2.45) is 5.92 Å². The topological polar surface area (TPSA) is 71.1 Å². The van der Waals surface area contributed by atoms with Crippen molar-refractivity contribution in [3.63, 3.8) is 0 Å². The Morgan fingerprint density at radius 1 is 1.26 bits per heavy atom. The van der Waals surface area contributed by atoms with Crippen LogP contribution in [0.25, 0.3) is 10.8 Å². The molecule has 1 aliphatic heterocycles. The molecule has 1 aromatic carbocycles. The van der Waals surface area contributed by atoms with Gasteiger partial charge in [-0.15, -0.1) is 24.8 Å². The first kappa shape index (κ1) is 20.1. The van der Waals surface area contributed by atoms with E-state index in [1.165, 1.54) is 0 Å². The SMILES string of the molecule is Cl.Cl.O=S(=O)(NC[C@H]1CCCNC1)c1cccc2cnccc12. The molecule has 2 aromatic rings. The molecule has 0 bridgehead atoms. The van der Waals surface area contributed by atoms with Crippen molar-refractivity contribution in [3.8, 4) is 0 Å². The summed E-state index contributed by atoms with van der Waals surface area (Å²) in [7, 11) is -3.49. The van der Waals surface area contributed by atoms with Crippen molar-refractivity contribution in [1.82, 2.24) is 15.0 Å². The number of pyridine rings is 1. The standard InChI is InChI=1S/C15H19N3O2S.2ClH/c19-21(20,18-10-12-3-2-7-16-9-12)15-5-1-4-13-11-17-8-6-14(13)15;;/h1,4-6,8,11-12,16,18H,2-3,7,9-10H2;2*1H/t12-;;/m0../s1. The zero-order valence-corrected chi connectivity index (χ0v) is 15.0. The molecule has 0 spiro atoms. The van der Waals surface area contributed by atoms with E-state index in [4.69, 9.17) is 0 Å². The molecule has 128 valence electrons. The second-order valence-electron chi connectivity index (χ2n) is 5.42. The number of halogens is 2. The van der Waals surface area contributed by atoms with Crippen LogP contribution in [0.15, 0.2) is 41.6 Å². The van der Waals surface area contributed by atoms with Crippen LogP contribution in [0, 0.1) is 5.92 Å². The van der Waals surface area contributed by atoms with Crippen molar-refractivity contribution in [2.75, 3.05) is 19.6 Å². The van der Waals surface area contributed by atoms with Crippen LogP contribution in [0.5, 0.6) is 0 Å². The minimum absolute atomic E-state index is 0. The lowest BCUT2D eigenvalue weighted by molar-refractivity contribution is 0.376. The van der Waals surface area contributed by atoms with Gasteiger partial charge in [0.2, 0.25) is 10.0 Å². The van der Waals surface area contributed by atoms with E-state index in [2.05, 4.69) is 15.0 Å². The van der Waals surface area contributed by atoms with E-state index in [-0.39, 0.29) is 24.8 Å². The molecule has 1 aliphatic rings. The van der Waals surface area contributed by atoms with Crippen LogP contribution in [0.1, 0.15) is 12.8 Å². The van der Waals surface area contributed by atoms with Gasteiger partial charge in [-0.25, -0.2) is 13.1 Å². The lowest BCUT2D eigenvalue weighted by Gasteiger charge is -2.23. The summed E-state index contributed by atoms with van der Waals surface area (Å²) in [5, 5.41) is 4.84. The molecule has 0 radical (unpaired) electrons. The first-order valence-corrected chi connectivity index (χ1v) is 8.68. The van der Waals surface area contributed by atoms with E-state index in [0.29, 0.717) is 22.7 Å². The normalized spacial score (nSPS) is 18.0. The Hall–Kier alpha value is -0.920. The summed E-state index contributed by atoms with van der Waals surface area (Å²) >= 11 is 0. The van der Waals surface area contributed by atoms with Crippen LogP contribution in [0.4, 0.5) is 0 Å². The second-order valence-corrected chi connectivity index (χ2v) is 7.15. The maximum atomic E-state index is 12.5. The third-order valence-electron chi connectivity index (χ3n) is 3.89. The fraction of sp³-hybridized carbons (Fsp3) is 0.400. The number of sulfonamides is 1. The predicted octanol–water partition coefficient (Wildman–Crippen LogP) is 2.36. The molecule has 2 heterocycles. The highest BCUT2D eigenvalue weighted by Gasteiger charge is 2.20. The molecule has 1 aromatic heterocycles. The average molecular weight is 378 g/mol. The molecule has 23 heavy (non-hydrogen) atoms. The van der Waals surface area contributed by atoms with Gasteiger partial charge in [0.25, 0.3) is 0 Å². The number of fused-ring (bicyclic) bond motifs is 1. The van der Waals surface area contributed by atoms with Crippen LogP contribution in [-0.2, 0) is 10.0 Å². The molecule has 2 N–H and O–H groups in total. The highest BCUT2D eigenvalue weighted by molar-refractivity contribution is 7.89. The number of nitrogens with zero attached hydrogens (tertiary/aromatic N) is 1. The number of benzene rings is 1. The van der Waals surface area contributed by atoms with Gasteiger partial charge in [0.1, 0.15) is 0 Å². The van der Waals surface area contributed by atoms with E-state index in [1.807, 2.05) is 6.07 Å². The quantitative estimate of drug-likeness (QED) is 0.857. The van der Waals surface area contributed by atoms with Gasteiger partial charge >= 0.3 is 0 Å². The second kappa shape index (κ2) is 8.80. The van der Waals surface area contributed by atoms with Crippen LogP contribution < -0.4 is 10.0 Å². The highest BCUT2D eigenvalue weighted by atomic mass is 35.5. The molecular formula is C15H21Cl2N3O2S. The fourth-order valence-electron chi connectivity index (χ4n) is 2.73. The smallest absolute Gasteiger partial charge is 0.241 e. The largest absolute Gasteiger partial charge is 0.316 e. The first-order valence-electron chi connectivity index (χ1n) is 7.20. The Morgan fingerprint density at radius 3 is 2.83 bits per heavy atom. The zero-order valence-electron chi connectivity index (χ0n) is 12.6. The lowest BCUT2D eigenvalue weighted by Crippen LogP contribution is -2.38. The molecular weight excluding hydrogens is 357 g/mol. The minimum atomic E-state index is -3.49. The molecule has 1 saturated heterocycles. The van der Waals surface area contributed by atoms with Crippen molar-refractivity contribution in [1.29, 1.82) is 0 Å². The molecule has 0 aliphatic carbocycles. The number of rotatable bonds is 4. The maximum Gasteiger partial charge on any atom is 0.241 e. The van der Waals surface area contributed by atoms with E-state index < -0.39 is 10.0 Å². The number of aromatic nitrogens is 1. The van der Waals surface area contributed by atoms with Gasteiger partial charge in [-0.05, 0) is 44.0 Å². The van der Waals surface area contributed by atoms with Crippen LogP contribution >= 0.6 is 24.8 Å². The maximum absolute atomic E-state index is 12.5. The van der Waals surface area contributed by atoms with E-state index in [9.17, 15) is 8.42 Å². The Bertz CT molecular complexity index is 729. The van der Waals surface area contributed by atoms with Gasteiger partial charge in [-0.1, -0.05) is 12.1 Å². The number of hydrogen-bond acceptors (Lipinski definition) is 4. The van der Waals surface area contributed by atoms with E-state index >= 15 is 0 Å². The third kappa shape index (κ3) is 4.78. The summed E-state index contributed by atoms with van der Waals surface area (Å²) in [6.45, 7) is 2.39. The van der Waals surface area contributed by atoms with Crippen LogP contribution in [0.2, 0.25) is 0 Å². The summed E-state index contributed by atoms with van der Waals surface area (Å²) in [6, 6.07) is 7.00. The minimum Gasteiger partial charge on any atom is -0.316 e. The molecule has 3 rings (SSSR count). The van der Waals surface area contributed by atoms with Gasteiger partial charge in [0.15, 0.2) is 0 Å². The molecule has 0 unspecified atom stereocenters. The Balaban J connectivity index is 0.00000132. The summed E-state index contributed by atoms with van der Waals surface area (Å²) in [5.41, 5.74) is 0. The molecule has 5 nitrogen and oxygen atoms in total. The first-order chi connectivity index (χ1) is 10.2. The van der Waals surface area contributed by atoms with Gasteiger partial charge in [-0.2, -0.15) is 0 Å². The fourth-order valence-corrected chi connectivity index (χ4v) is 4.07. The summed E-state index contributed by atoms with van der Waals surface area (Å²) in [6.07, 6.45) is 5.47. The summed E-state index contributed by atoms with van der Waals surface area (Å²) < 4.78 is 27.8. The van der Waals surface area contributed by atoms with Crippen molar-refractivity contribution >= 4 is 45.6 Å². The summed E-state index contributed by atoms with van der Waals surface area (Å²) in [4.78, 5) is 4.36. The van der Waals surface area contributed by atoms with Gasteiger partial charge in [-0.3, -0.25) is 4.98 Å². The Kier molecular flexibility index (Phi) is 7.70.